The minimum absolute atomic E-state index is 0.146. The Kier molecular flexibility index (Phi) is 5.85. The van der Waals surface area contributed by atoms with Gasteiger partial charge >= 0.3 is 0 Å². The van der Waals surface area contributed by atoms with Gasteiger partial charge in [-0.25, -0.2) is 0 Å². The largest absolute Gasteiger partial charge is 0.494 e. The van der Waals surface area contributed by atoms with E-state index in [1.807, 2.05) is 6.92 Å². The van der Waals surface area contributed by atoms with E-state index in [1.165, 1.54) is 6.07 Å². The van der Waals surface area contributed by atoms with Gasteiger partial charge in [-0.05, 0) is 54.6 Å². The molecule has 0 aliphatic carbocycles. The Morgan fingerprint density at radius 3 is 2.64 bits per heavy atom. The molecule has 2 amide bonds. The molecule has 0 spiro atoms. The number of rotatable bonds is 7. The van der Waals surface area contributed by atoms with Crippen molar-refractivity contribution in [3.05, 3.63) is 53.1 Å². The molecule has 2 aromatic carbocycles. The van der Waals surface area contributed by atoms with E-state index in [1.54, 1.807) is 36.4 Å². The van der Waals surface area contributed by atoms with Crippen molar-refractivity contribution in [3.63, 3.8) is 0 Å². The van der Waals surface area contributed by atoms with Crippen molar-refractivity contribution >= 4 is 29.1 Å². The predicted molar refractivity (Wildman–Crippen MR) is 103 cm³/mol. The number of halogens is 1. The molecule has 0 saturated carbocycles. The van der Waals surface area contributed by atoms with Crippen LogP contribution in [-0.4, -0.2) is 38.6 Å². The van der Waals surface area contributed by atoms with Crippen molar-refractivity contribution in [2.75, 3.05) is 11.9 Å². The number of anilines is 1. The molecule has 0 fully saturated rings. The molecule has 0 radical (unpaired) electrons. The highest BCUT2D eigenvalue weighted by atomic mass is 35.5. The molecule has 1 heterocycles. The normalized spacial score (nSPS) is 10.5. The molecule has 3 N–H and O–H groups in total. The van der Waals surface area contributed by atoms with Gasteiger partial charge in [-0.15, -0.1) is 10.2 Å². The predicted octanol–water partition coefficient (Wildman–Crippen LogP) is 2.13. The summed E-state index contributed by atoms with van der Waals surface area (Å²) in [5, 5.41) is 15.2. The second kappa shape index (κ2) is 8.49. The number of hydrogen-bond donors (Lipinski definition) is 2. The standard InChI is InChI=1S/C18H17ClN6O3/c1-2-28-13-7-8-15(14(9-13)17(20)27)21-16(26)10-25-23-18(22-24-25)11-3-5-12(19)6-4-11/h3-9H,2,10H2,1H3,(H2,20,27)(H,21,26). The van der Waals surface area contributed by atoms with Gasteiger partial charge in [0.05, 0.1) is 17.9 Å². The van der Waals surface area contributed by atoms with E-state index in [4.69, 9.17) is 22.1 Å². The van der Waals surface area contributed by atoms with Gasteiger partial charge in [0.15, 0.2) is 0 Å². The Balaban J connectivity index is 1.71. The number of amides is 2. The first kappa shape index (κ1) is 19.3. The van der Waals surface area contributed by atoms with Crippen LogP contribution in [0.4, 0.5) is 5.69 Å². The number of carbonyl (C=O) groups excluding carboxylic acids is 2. The van der Waals surface area contributed by atoms with Gasteiger partial charge in [-0.2, -0.15) is 4.80 Å². The third kappa shape index (κ3) is 4.63. The summed E-state index contributed by atoms with van der Waals surface area (Å²) in [6.45, 7) is 2.08. The second-order valence-corrected chi connectivity index (χ2v) is 6.14. The molecule has 10 heteroatoms. The first-order valence-electron chi connectivity index (χ1n) is 8.36. The van der Waals surface area contributed by atoms with Gasteiger partial charge in [0.25, 0.3) is 5.91 Å². The second-order valence-electron chi connectivity index (χ2n) is 5.70. The van der Waals surface area contributed by atoms with Gasteiger partial charge in [-0.1, -0.05) is 11.6 Å². The van der Waals surface area contributed by atoms with E-state index >= 15 is 0 Å². The first-order chi connectivity index (χ1) is 13.5. The minimum atomic E-state index is -0.680. The Morgan fingerprint density at radius 2 is 1.96 bits per heavy atom. The van der Waals surface area contributed by atoms with E-state index in [2.05, 4.69) is 20.7 Å². The molecule has 3 rings (SSSR count). The maximum Gasteiger partial charge on any atom is 0.250 e. The van der Waals surface area contributed by atoms with Crippen molar-refractivity contribution in [2.45, 2.75) is 13.5 Å². The van der Waals surface area contributed by atoms with Gasteiger partial charge in [0, 0.05) is 10.6 Å². The molecule has 0 aliphatic rings. The third-order valence-corrected chi connectivity index (χ3v) is 3.93. The van der Waals surface area contributed by atoms with Crippen molar-refractivity contribution in [1.82, 2.24) is 20.2 Å². The lowest BCUT2D eigenvalue weighted by Gasteiger charge is -2.11. The van der Waals surface area contributed by atoms with Crippen molar-refractivity contribution < 1.29 is 14.3 Å². The third-order valence-electron chi connectivity index (χ3n) is 3.68. The highest BCUT2D eigenvalue weighted by Crippen LogP contribution is 2.22. The molecule has 0 aliphatic heterocycles. The molecule has 3 aromatic rings. The molecular weight excluding hydrogens is 384 g/mol. The fraction of sp³-hybridized carbons (Fsp3) is 0.167. The van der Waals surface area contributed by atoms with E-state index in [0.717, 1.165) is 10.4 Å². The molecule has 0 atom stereocenters. The summed E-state index contributed by atoms with van der Waals surface area (Å²) in [6, 6.07) is 11.6. The summed E-state index contributed by atoms with van der Waals surface area (Å²) in [6.07, 6.45) is 0. The van der Waals surface area contributed by atoms with Crippen LogP contribution in [0.15, 0.2) is 42.5 Å². The monoisotopic (exact) mass is 400 g/mol. The van der Waals surface area contributed by atoms with Crippen molar-refractivity contribution in [2.24, 2.45) is 5.73 Å². The van der Waals surface area contributed by atoms with E-state index in [-0.39, 0.29) is 17.8 Å². The lowest BCUT2D eigenvalue weighted by molar-refractivity contribution is -0.117. The lowest BCUT2D eigenvalue weighted by atomic mass is 10.1. The summed E-state index contributed by atoms with van der Waals surface area (Å²) >= 11 is 5.86. The Hall–Kier alpha value is -3.46. The molecule has 1 aromatic heterocycles. The number of hydrogen-bond acceptors (Lipinski definition) is 6. The van der Waals surface area contributed by atoms with Gasteiger partial charge < -0.3 is 15.8 Å². The average molecular weight is 401 g/mol. The smallest absolute Gasteiger partial charge is 0.250 e. The lowest BCUT2D eigenvalue weighted by Crippen LogP contribution is -2.23. The fourth-order valence-electron chi connectivity index (χ4n) is 2.44. The molecule has 144 valence electrons. The number of primary amides is 1. The first-order valence-corrected chi connectivity index (χ1v) is 8.74. The summed E-state index contributed by atoms with van der Waals surface area (Å²) in [7, 11) is 0. The molecular formula is C18H17ClN6O3. The van der Waals surface area contributed by atoms with Crippen LogP contribution in [0.5, 0.6) is 5.75 Å². The number of nitrogens with zero attached hydrogens (tertiary/aromatic N) is 4. The van der Waals surface area contributed by atoms with Crippen LogP contribution in [0.25, 0.3) is 11.4 Å². The number of tetrazole rings is 1. The average Bonchev–Trinajstić information content (AvgIpc) is 3.12. The molecule has 0 bridgehead atoms. The number of aromatic nitrogens is 4. The van der Waals surface area contributed by atoms with Crippen LogP contribution >= 0.6 is 11.6 Å². The zero-order valence-electron chi connectivity index (χ0n) is 14.9. The van der Waals surface area contributed by atoms with Gasteiger partial charge in [-0.3, -0.25) is 9.59 Å². The van der Waals surface area contributed by atoms with Crippen LogP contribution in [0, 0.1) is 0 Å². The quantitative estimate of drug-likeness (QED) is 0.625. The van der Waals surface area contributed by atoms with E-state index in [0.29, 0.717) is 23.2 Å². The topological polar surface area (TPSA) is 125 Å². The number of carbonyl (C=O) groups is 2. The minimum Gasteiger partial charge on any atom is -0.494 e. The number of nitrogens with one attached hydrogen (secondary N) is 1. The SMILES string of the molecule is CCOc1ccc(NC(=O)Cn2nnc(-c3ccc(Cl)cc3)n2)c(C(N)=O)c1. The van der Waals surface area contributed by atoms with Crippen LogP contribution in [0.1, 0.15) is 17.3 Å². The summed E-state index contributed by atoms with van der Waals surface area (Å²) in [4.78, 5) is 25.1. The van der Waals surface area contributed by atoms with E-state index < -0.39 is 11.8 Å². The molecule has 0 unspecified atom stereocenters. The number of benzene rings is 2. The van der Waals surface area contributed by atoms with Crippen LogP contribution in [0.3, 0.4) is 0 Å². The summed E-state index contributed by atoms with van der Waals surface area (Å²) in [5.41, 5.74) is 6.53. The van der Waals surface area contributed by atoms with Gasteiger partial charge in [0.1, 0.15) is 12.3 Å². The highest BCUT2D eigenvalue weighted by Gasteiger charge is 2.14. The Morgan fingerprint density at radius 1 is 1.21 bits per heavy atom. The summed E-state index contributed by atoms with van der Waals surface area (Å²) in [5.74, 6) is -0.268. The Bertz CT molecular complexity index is 1000. The van der Waals surface area contributed by atoms with Crippen LogP contribution < -0.4 is 15.8 Å². The van der Waals surface area contributed by atoms with Crippen LogP contribution in [0.2, 0.25) is 5.02 Å². The molecule has 9 nitrogen and oxygen atoms in total. The maximum atomic E-state index is 12.3. The zero-order chi connectivity index (χ0) is 20.1. The van der Waals surface area contributed by atoms with Gasteiger partial charge in [0.2, 0.25) is 11.7 Å². The number of ether oxygens (including phenoxy) is 1. The number of nitrogens with two attached hydrogens (primary N) is 1. The molecule has 28 heavy (non-hydrogen) atoms. The zero-order valence-corrected chi connectivity index (χ0v) is 15.7. The maximum absolute atomic E-state index is 12.3. The van der Waals surface area contributed by atoms with E-state index in [9.17, 15) is 9.59 Å². The molecule has 0 saturated heterocycles. The van der Waals surface area contributed by atoms with Crippen LogP contribution in [-0.2, 0) is 11.3 Å². The summed E-state index contributed by atoms with van der Waals surface area (Å²) < 4.78 is 5.34. The fourth-order valence-corrected chi connectivity index (χ4v) is 2.56. The highest BCUT2D eigenvalue weighted by molar-refractivity contribution is 6.30. The van der Waals surface area contributed by atoms with Crippen molar-refractivity contribution in [3.8, 4) is 17.1 Å². The van der Waals surface area contributed by atoms with Crippen molar-refractivity contribution in [1.29, 1.82) is 0 Å². The Labute approximate surface area is 165 Å².